The summed E-state index contributed by atoms with van der Waals surface area (Å²) >= 11 is 0. The number of hydrogen-bond acceptors (Lipinski definition) is 4. The van der Waals surface area contributed by atoms with Crippen LogP contribution < -0.4 is 13.9 Å². The molecule has 0 bridgehead atoms. The molecule has 0 saturated heterocycles. The zero-order chi connectivity index (χ0) is 18.5. The maximum Gasteiger partial charge on any atom is 0.258 e. The van der Waals surface area contributed by atoms with Gasteiger partial charge in [0.1, 0.15) is 11.9 Å². The summed E-state index contributed by atoms with van der Waals surface area (Å²) in [6.45, 7) is 2.83. The van der Waals surface area contributed by atoms with Crippen LogP contribution in [-0.2, 0) is 16.4 Å². The first-order chi connectivity index (χ1) is 12.3. The maximum absolute atomic E-state index is 13.1. The second kappa shape index (κ2) is 6.02. The van der Waals surface area contributed by atoms with Crippen LogP contribution in [0.1, 0.15) is 22.8 Å². The molecule has 0 saturated carbocycles. The largest absolute Gasteiger partial charge is 0.487 e. The van der Waals surface area contributed by atoms with Gasteiger partial charge < -0.3 is 9.64 Å². The number of ether oxygens (including phenoxy) is 1. The fraction of sp³-hybridized carbons (Fsp3) is 0.316. The summed E-state index contributed by atoms with van der Waals surface area (Å²) < 4.78 is 30.9. The van der Waals surface area contributed by atoms with Gasteiger partial charge in [-0.05, 0) is 49.2 Å². The van der Waals surface area contributed by atoms with Crippen molar-refractivity contribution in [2.75, 3.05) is 28.6 Å². The number of hydrogen-bond donors (Lipinski definition) is 0. The lowest BCUT2D eigenvalue weighted by molar-refractivity contribution is 0.0961. The zero-order valence-electron chi connectivity index (χ0n) is 14.7. The summed E-state index contributed by atoms with van der Waals surface area (Å²) in [4.78, 5) is 14.9. The number of carbonyl (C=O) groups excluding carboxylic acids is 1. The van der Waals surface area contributed by atoms with Crippen molar-refractivity contribution in [1.82, 2.24) is 0 Å². The number of fused-ring (bicyclic) bond motifs is 2. The molecule has 1 unspecified atom stereocenters. The van der Waals surface area contributed by atoms with Crippen LogP contribution in [0.2, 0.25) is 0 Å². The van der Waals surface area contributed by atoms with Gasteiger partial charge in [-0.2, -0.15) is 0 Å². The summed E-state index contributed by atoms with van der Waals surface area (Å²) in [7, 11) is -3.30. The second-order valence-corrected chi connectivity index (χ2v) is 8.65. The summed E-state index contributed by atoms with van der Waals surface area (Å²) in [5.74, 6) is 0.595. The standard InChI is InChI=1S/C19H20N2O4S/c1-13-12-20(17-5-3-4-6-18(17)25-13)19(22)15-7-8-16-14(11-15)9-10-21(16)26(2,23)24/h3-8,11,13H,9-10,12H2,1-2H3. The summed E-state index contributed by atoms with van der Waals surface area (Å²) in [6.07, 6.45) is 1.72. The molecule has 2 aliphatic heterocycles. The molecule has 7 heteroatoms. The Labute approximate surface area is 153 Å². The fourth-order valence-corrected chi connectivity index (χ4v) is 4.54. The molecule has 136 valence electrons. The number of carbonyl (C=O) groups is 1. The molecule has 0 N–H and O–H groups in total. The zero-order valence-corrected chi connectivity index (χ0v) is 15.5. The van der Waals surface area contributed by atoms with E-state index in [-0.39, 0.29) is 12.0 Å². The third kappa shape index (κ3) is 2.82. The Morgan fingerprint density at radius 2 is 1.92 bits per heavy atom. The van der Waals surface area contributed by atoms with Gasteiger partial charge >= 0.3 is 0 Å². The Balaban J connectivity index is 1.69. The Morgan fingerprint density at radius 1 is 1.15 bits per heavy atom. The highest BCUT2D eigenvalue weighted by molar-refractivity contribution is 7.92. The van der Waals surface area contributed by atoms with E-state index in [0.717, 1.165) is 11.3 Å². The van der Waals surface area contributed by atoms with Gasteiger partial charge in [0, 0.05) is 12.1 Å². The van der Waals surface area contributed by atoms with E-state index in [4.69, 9.17) is 4.74 Å². The highest BCUT2D eigenvalue weighted by Gasteiger charge is 2.30. The predicted octanol–water partition coefficient (Wildman–Crippen LogP) is 2.44. The summed E-state index contributed by atoms with van der Waals surface area (Å²) in [6, 6.07) is 12.7. The Bertz CT molecular complexity index is 987. The van der Waals surface area contributed by atoms with Crippen LogP contribution >= 0.6 is 0 Å². The topological polar surface area (TPSA) is 66.9 Å². The van der Waals surface area contributed by atoms with Crippen LogP contribution in [0.15, 0.2) is 42.5 Å². The van der Waals surface area contributed by atoms with Crippen LogP contribution in [0.4, 0.5) is 11.4 Å². The van der Waals surface area contributed by atoms with Gasteiger partial charge in [0.2, 0.25) is 10.0 Å². The lowest BCUT2D eigenvalue weighted by atomic mass is 10.1. The van der Waals surface area contributed by atoms with Crippen LogP contribution in [0.3, 0.4) is 0 Å². The van der Waals surface area contributed by atoms with Crippen molar-refractivity contribution >= 4 is 27.3 Å². The SMILES string of the molecule is CC1CN(C(=O)c2ccc3c(c2)CCN3S(C)(=O)=O)c2ccccc2O1. The fourth-order valence-electron chi connectivity index (χ4n) is 3.59. The first kappa shape index (κ1) is 16.9. The Hall–Kier alpha value is -2.54. The van der Waals surface area contributed by atoms with Crippen molar-refractivity contribution < 1.29 is 17.9 Å². The predicted molar refractivity (Wildman–Crippen MR) is 101 cm³/mol. The molecule has 1 amide bonds. The van der Waals surface area contributed by atoms with E-state index in [0.29, 0.717) is 36.5 Å². The van der Waals surface area contributed by atoms with Crippen LogP contribution in [0.5, 0.6) is 5.75 Å². The van der Waals surface area contributed by atoms with Crippen molar-refractivity contribution in [3.05, 3.63) is 53.6 Å². The van der Waals surface area contributed by atoms with Crippen molar-refractivity contribution in [3.63, 3.8) is 0 Å². The van der Waals surface area contributed by atoms with Crippen LogP contribution in [-0.4, -0.2) is 39.8 Å². The molecule has 2 aromatic carbocycles. The number of benzene rings is 2. The Morgan fingerprint density at radius 3 is 2.69 bits per heavy atom. The van der Waals surface area contributed by atoms with E-state index in [1.165, 1.54) is 10.6 Å². The lowest BCUT2D eigenvalue weighted by Crippen LogP contribution is -2.42. The number of anilines is 2. The molecule has 0 aliphatic carbocycles. The third-order valence-electron chi connectivity index (χ3n) is 4.75. The number of para-hydroxylation sites is 2. The van der Waals surface area contributed by atoms with E-state index in [9.17, 15) is 13.2 Å². The minimum atomic E-state index is -3.30. The highest BCUT2D eigenvalue weighted by Crippen LogP contribution is 2.35. The minimum absolute atomic E-state index is 0.0935. The van der Waals surface area contributed by atoms with E-state index in [1.807, 2.05) is 37.3 Å². The van der Waals surface area contributed by atoms with Gasteiger partial charge in [0.05, 0.1) is 24.2 Å². The second-order valence-electron chi connectivity index (χ2n) is 6.74. The van der Waals surface area contributed by atoms with Gasteiger partial charge in [-0.3, -0.25) is 9.10 Å². The molecule has 2 aliphatic rings. The smallest absolute Gasteiger partial charge is 0.258 e. The first-order valence-corrected chi connectivity index (χ1v) is 10.4. The number of amides is 1. The molecule has 0 fully saturated rings. The van der Waals surface area contributed by atoms with Gasteiger partial charge in [0.15, 0.2) is 0 Å². The van der Waals surface area contributed by atoms with Crippen LogP contribution in [0.25, 0.3) is 0 Å². The van der Waals surface area contributed by atoms with Gasteiger partial charge in [-0.15, -0.1) is 0 Å². The van der Waals surface area contributed by atoms with Gasteiger partial charge in [0.25, 0.3) is 5.91 Å². The molecule has 1 atom stereocenters. The molecule has 6 nitrogen and oxygen atoms in total. The monoisotopic (exact) mass is 372 g/mol. The lowest BCUT2D eigenvalue weighted by Gasteiger charge is -2.33. The quantitative estimate of drug-likeness (QED) is 0.812. The molecular weight excluding hydrogens is 352 g/mol. The molecule has 0 spiro atoms. The third-order valence-corrected chi connectivity index (χ3v) is 5.93. The molecule has 2 aromatic rings. The molecule has 2 heterocycles. The molecule has 0 aromatic heterocycles. The number of nitrogens with zero attached hydrogens (tertiary/aromatic N) is 2. The highest BCUT2D eigenvalue weighted by atomic mass is 32.2. The molecule has 4 rings (SSSR count). The molecular formula is C19H20N2O4S. The van der Waals surface area contributed by atoms with Crippen molar-refractivity contribution in [2.45, 2.75) is 19.4 Å². The number of rotatable bonds is 2. The normalized spacial score (nSPS) is 18.9. The average Bonchev–Trinajstić information content (AvgIpc) is 3.03. The number of sulfonamides is 1. The van der Waals surface area contributed by atoms with Crippen molar-refractivity contribution in [1.29, 1.82) is 0 Å². The van der Waals surface area contributed by atoms with Gasteiger partial charge in [-0.25, -0.2) is 8.42 Å². The first-order valence-electron chi connectivity index (χ1n) is 8.53. The summed E-state index contributed by atoms with van der Waals surface area (Å²) in [5.41, 5.74) is 2.87. The van der Waals surface area contributed by atoms with Crippen molar-refractivity contribution in [2.24, 2.45) is 0 Å². The molecule has 26 heavy (non-hydrogen) atoms. The maximum atomic E-state index is 13.1. The Kier molecular flexibility index (Phi) is 3.91. The van der Waals surface area contributed by atoms with Crippen LogP contribution in [0, 0.1) is 0 Å². The van der Waals surface area contributed by atoms with E-state index in [1.54, 1.807) is 17.0 Å². The molecule has 0 radical (unpaired) electrons. The average molecular weight is 372 g/mol. The van der Waals surface area contributed by atoms with Crippen molar-refractivity contribution in [3.8, 4) is 5.75 Å². The van der Waals surface area contributed by atoms with Gasteiger partial charge in [-0.1, -0.05) is 12.1 Å². The van der Waals surface area contributed by atoms with E-state index >= 15 is 0 Å². The van der Waals surface area contributed by atoms with E-state index in [2.05, 4.69) is 0 Å². The summed E-state index contributed by atoms with van der Waals surface area (Å²) in [5, 5.41) is 0. The minimum Gasteiger partial charge on any atom is -0.487 e. The van der Waals surface area contributed by atoms with E-state index < -0.39 is 10.0 Å².